The van der Waals surface area contributed by atoms with Crippen molar-refractivity contribution in [2.75, 3.05) is 18.9 Å². The van der Waals surface area contributed by atoms with E-state index in [1.807, 2.05) is 36.5 Å². The van der Waals surface area contributed by atoms with Gasteiger partial charge in [0.2, 0.25) is 0 Å². The lowest BCUT2D eigenvalue weighted by atomic mass is 9.96. The highest BCUT2D eigenvalue weighted by Gasteiger charge is 2.15. The van der Waals surface area contributed by atoms with Gasteiger partial charge in [-0.15, -0.1) is 0 Å². The van der Waals surface area contributed by atoms with Gasteiger partial charge in [0.15, 0.2) is 0 Å². The molecule has 1 amide bonds. The summed E-state index contributed by atoms with van der Waals surface area (Å²) in [5.41, 5.74) is 5.38. The topological polar surface area (TPSA) is 92.7 Å². The van der Waals surface area contributed by atoms with Crippen molar-refractivity contribution >= 4 is 36.1 Å². The summed E-state index contributed by atoms with van der Waals surface area (Å²) in [6.07, 6.45) is 5.11. The van der Waals surface area contributed by atoms with Crippen molar-refractivity contribution in [3.8, 4) is 11.3 Å². The summed E-state index contributed by atoms with van der Waals surface area (Å²) in [6.45, 7) is 7.04. The van der Waals surface area contributed by atoms with Crippen LogP contribution in [0.3, 0.4) is 0 Å². The number of aromatic nitrogens is 4. The number of carbonyl (C=O) groups excluding carboxylic acids is 1. The van der Waals surface area contributed by atoms with Crippen LogP contribution in [0.5, 0.6) is 0 Å². The van der Waals surface area contributed by atoms with Crippen LogP contribution in [0.4, 0.5) is 5.82 Å². The minimum Gasteiger partial charge on any atom is -0.369 e. The molecule has 2 N–H and O–H groups in total. The van der Waals surface area contributed by atoms with Crippen LogP contribution < -0.4 is 10.6 Å². The van der Waals surface area contributed by atoms with E-state index in [1.54, 1.807) is 25.6 Å². The number of nitrogens with zero attached hydrogens (tertiary/aromatic N) is 4. The third-order valence-corrected chi connectivity index (χ3v) is 5.73. The molecule has 0 spiro atoms. The monoisotopic (exact) mass is 474 g/mol. The van der Waals surface area contributed by atoms with Gasteiger partial charge >= 0.3 is 0 Å². The number of anilines is 1. The molecule has 4 rings (SSSR count). The highest BCUT2D eigenvalue weighted by Crippen LogP contribution is 2.27. The number of carbonyl (C=O) groups is 1. The van der Waals surface area contributed by atoms with Crippen LogP contribution in [0.25, 0.3) is 22.2 Å². The van der Waals surface area contributed by atoms with E-state index >= 15 is 0 Å². The number of fused-ring (bicyclic) bond motifs is 1. The SMILES string of the molecule is CNC(=O)c1ccnc2c([C@H](C)CNc3cc(-c4ccc(C(C)C)nc4)ncn3)cccc12.S. The number of pyridine rings is 2. The van der Waals surface area contributed by atoms with Crippen LogP contribution in [0, 0.1) is 0 Å². The van der Waals surface area contributed by atoms with Gasteiger partial charge in [0.25, 0.3) is 5.91 Å². The highest BCUT2D eigenvalue weighted by atomic mass is 32.1. The molecule has 176 valence electrons. The maximum Gasteiger partial charge on any atom is 0.251 e. The smallest absolute Gasteiger partial charge is 0.251 e. The summed E-state index contributed by atoms with van der Waals surface area (Å²) in [5, 5.41) is 6.97. The van der Waals surface area contributed by atoms with E-state index in [4.69, 9.17) is 0 Å². The highest BCUT2D eigenvalue weighted by molar-refractivity contribution is 7.59. The second-order valence-electron chi connectivity index (χ2n) is 8.38. The molecular weight excluding hydrogens is 444 g/mol. The molecule has 34 heavy (non-hydrogen) atoms. The zero-order valence-electron chi connectivity index (χ0n) is 19.8. The Morgan fingerprint density at radius 1 is 1.00 bits per heavy atom. The molecule has 0 unspecified atom stereocenters. The molecule has 0 radical (unpaired) electrons. The van der Waals surface area contributed by atoms with E-state index in [1.165, 1.54) is 0 Å². The first-order valence-electron chi connectivity index (χ1n) is 11.1. The van der Waals surface area contributed by atoms with Gasteiger partial charge in [-0.3, -0.25) is 14.8 Å². The lowest BCUT2D eigenvalue weighted by Gasteiger charge is -2.16. The van der Waals surface area contributed by atoms with Gasteiger partial charge < -0.3 is 10.6 Å². The summed E-state index contributed by atoms with van der Waals surface area (Å²) >= 11 is 0. The second kappa shape index (κ2) is 11.1. The third-order valence-electron chi connectivity index (χ3n) is 5.73. The average molecular weight is 475 g/mol. The minimum atomic E-state index is -0.116. The van der Waals surface area contributed by atoms with Crippen molar-refractivity contribution in [3.63, 3.8) is 0 Å². The molecule has 4 aromatic rings. The first kappa shape index (κ1) is 25.1. The van der Waals surface area contributed by atoms with Gasteiger partial charge in [0.05, 0.1) is 16.8 Å². The molecule has 7 nitrogen and oxygen atoms in total. The summed E-state index contributed by atoms with van der Waals surface area (Å²) < 4.78 is 0. The number of benzene rings is 1. The zero-order valence-corrected chi connectivity index (χ0v) is 20.8. The van der Waals surface area contributed by atoms with E-state index < -0.39 is 0 Å². The molecular formula is C26H30N6OS. The fourth-order valence-electron chi connectivity index (χ4n) is 3.81. The summed E-state index contributed by atoms with van der Waals surface area (Å²) in [6, 6.07) is 13.7. The standard InChI is InChI=1S/C26H28N6O.H2S/c1-16(2)22-9-8-18(14-29-22)23-12-24(32-15-31-23)30-13-17(3)19-6-5-7-20-21(26(33)27-4)10-11-28-25(19)20;/h5-12,14-17H,13H2,1-4H3,(H,27,33)(H,30,31,32);1H2/t17-;/m1./s1. The largest absolute Gasteiger partial charge is 0.369 e. The number of rotatable bonds is 7. The Kier molecular flexibility index (Phi) is 8.17. The Morgan fingerprint density at radius 2 is 1.82 bits per heavy atom. The number of nitrogens with one attached hydrogen (secondary N) is 2. The van der Waals surface area contributed by atoms with Crippen molar-refractivity contribution < 1.29 is 4.79 Å². The first-order valence-corrected chi connectivity index (χ1v) is 11.1. The maximum atomic E-state index is 12.3. The summed E-state index contributed by atoms with van der Waals surface area (Å²) in [4.78, 5) is 30.1. The molecule has 1 atom stereocenters. The molecule has 1 aromatic carbocycles. The number of hydrogen-bond acceptors (Lipinski definition) is 6. The fraction of sp³-hybridized carbons (Fsp3) is 0.269. The molecule has 0 aliphatic carbocycles. The van der Waals surface area contributed by atoms with E-state index in [0.717, 1.165) is 39.2 Å². The first-order chi connectivity index (χ1) is 16.0. The van der Waals surface area contributed by atoms with Crippen LogP contribution in [0.2, 0.25) is 0 Å². The molecule has 0 saturated heterocycles. The lowest BCUT2D eigenvalue weighted by Crippen LogP contribution is -2.18. The van der Waals surface area contributed by atoms with Crippen LogP contribution in [0.15, 0.2) is 61.2 Å². The molecule has 0 saturated carbocycles. The summed E-state index contributed by atoms with van der Waals surface area (Å²) in [5.74, 6) is 1.17. The Bertz CT molecular complexity index is 1280. The van der Waals surface area contributed by atoms with Gasteiger partial charge in [-0.25, -0.2) is 9.97 Å². The van der Waals surface area contributed by atoms with Crippen molar-refractivity contribution in [2.24, 2.45) is 0 Å². The lowest BCUT2D eigenvalue weighted by molar-refractivity contribution is 0.0964. The van der Waals surface area contributed by atoms with Gasteiger partial charge in [-0.05, 0) is 29.7 Å². The molecule has 3 heterocycles. The van der Waals surface area contributed by atoms with Crippen molar-refractivity contribution in [2.45, 2.75) is 32.6 Å². The van der Waals surface area contributed by atoms with Crippen molar-refractivity contribution in [1.82, 2.24) is 25.3 Å². The van der Waals surface area contributed by atoms with Gasteiger partial charge in [-0.1, -0.05) is 39.0 Å². The molecule has 8 heteroatoms. The number of hydrogen-bond donors (Lipinski definition) is 2. The van der Waals surface area contributed by atoms with Crippen molar-refractivity contribution in [3.05, 3.63) is 78.0 Å². The molecule has 0 aliphatic heterocycles. The quantitative estimate of drug-likeness (QED) is 0.396. The summed E-state index contributed by atoms with van der Waals surface area (Å²) in [7, 11) is 1.63. The Balaban J connectivity index is 0.00000324. The van der Waals surface area contributed by atoms with Crippen LogP contribution in [0.1, 0.15) is 54.2 Å². The van der Waals surface area contributed by atoms with Crippen molar-refractivity contribution in [1.29, 1.82) is 0 Å². The number of para-hydroxylation sites is 1. The van der Waals surface area contributed by atoms with E-state index in [2.05, 4.69) is 57.4 Å². The molecule has 0 fully saturated rings. The minimum absolute atomic E-state index is 0. The molecule has 0 aliphatic rings. The number of amides is 1. The second-order valence-corrected chi connectivity index (χ2v) is 8.38. The van der Waals surface area contributed by atoms with Crippen LogP contribution >= 0.6 is 13.5 Å². The molecule has 3 aromatic heterocycles. The Labute approximate surface area is 206 Å². The molecule has 0 bridgehead atoms. The predicted octanol–water partition coefficient (Wildman–Crippen LogP) is 4.90. The van der Waals surface area contributed by atoms with E-state index in [-0.39, 0.29) is 25.3 Å². The van der Waals surface area contributed by atoms with Gasteiger partial charge in [-0.2, -0.15) is 13.5 Å². The van der Waals surface area contributed by atoms with Gasteiger partial charge in [0, 0.05) is 54.6 Å². The third kappa shape index (κ3) is 5.34. The fourth-order valence-corrected chi connectivity index (χ4v) is 3.81. The van der Waals surface area contributed by atoms with E-state index in [9.17, 15) is 4.79 Å². The predicted molar refractivity (Wildman–Crippen MR) is 142 cm³/mol. The van der Waals surface area contributed by atoms with E-state index in [0.29, 0.717) is 18.0 Å². The van der Waals surface area contributed by atoms with Crippen LogP contribution in [-0.2, 0) is 0 Å². The zero-order chi connectivity index (χ0) is 23.4. The Morgan fingerprint density at radius 3 is 2.53 bits per heavy atom. The normalized spacial score (nSPS) is 11.7. The average Bonchev–Trinajstić information content (AvgIpc) is 2.86. The van der Waals surface area contributed by atoms with Gasteiger partial charge in [0.1, 0.15) is 12.1 Å². The Hall–Kier alpha value is -3.52. The van der Waals surface area contributed by atoms with Crippen LogP contribution in [-0.4, -0.2) is 39.4 Å². The maximum absolute atomic E-state index is 12.3.